The van der Waals surface area contributed by atoms with Gasteiger partial charge in [-0.15, -0.1) is 0 Å². The monoisotopic (exact) mass is 401 g/mol. The van der Waals surface area contributed by atoms with E-state index in [4.69, 9.17) is 23.4 Å². The smallest absolute Gasteiger partial charge is 0.195 e. The maximum absolute atomic E-state index is 6.82. The van der Waals surface area contributed by atoms with Crippen molar-refractivity contribution in [1.82, 2.24) is 4.90 Å². The van der Waals surface area contributed by atoms with E-state index in [9.17, 15) is 0 Å². The van der Waals surface area contributed by atoms with Crippen molar-refractivity contribution in [2.24, 2.45) is 0 Å². The topological polar surface area (TPSA) is 49.4 Å². The van der Waals surface area contributed by atoms with Crippen LogP contribution in [-0.4, -0.2) is 76.0 Å². The van der Waals surface area contributed by atoms with Crippen molar-refractivity contribution in [2.75, 3.05) is 26.3 Å². The average Bonchev–Trinajstić information content (AvgIpc) is 2.88. The predicted molar refractivity (Wildman–Crippen MR) is 107 cm³/mol. The van der Waals surface area contributed by atoms with Crippen LogP contribution in [0.2, 0.25) is 18.1 Å². The summed E-state index contributed by atoms with van der Waals surface area (Å²) in [6, 6.07) is 0.0256. The third kappa shape index (κ3) is 4.44. The minimum atomic E-state index is -2.00. The van der Waals surface area contributed by atoms with E-state index in [1.54, 1.807) is 0 Å². The van der Waals surface area contributed by atoms with Crippen molar-refractivity contribution in [3.05, 3.63) is 0 Å². The Labute approximate surface area is 165 Å². The van der Waals surface area contributed by atoms with Gasteiger partial charge in [0.05, 0.1) is 25.4 Å². The Balaban J connectivity index is 1.91. The van der Waals surface area contributed by atoms with Gasteiger partial charge in [-0.25, -0.2) is 0 Å². The molecular weight excluding hydrogens is 362 g/mol. The zero-order valence-corrected chi connectivity index (χ0v) is 19.4. The van der Waals surface area contributed by atoms with Crippen molar-refractivity contribution < 1.29 is 23.4 Å². The Morgan fingerprint density at radius 1 is 1.07 bits per heavy atom. The van der Waals surface area contributed by atoms with Crippen LogP contribution in [0.4, 0.5) is 0 Å². The minimum Gasteiger partial charge on any atom is -0.391 e. The highest BCUT2D eigenvalue weighted by Gasteiger charge is 2.58. The van der Waals surface area contributed by atoms with Crippen LogP contribution in [0.25, 0.3) is 0 Å². The normalized spacial score (nSPS) is 38.0. The maximum Gasteiger partial charge on any atom is 0.195 e. The molecule has 3 aliphatic rings. The highest BCUT2D eigenvalue weighted by Crippen LogP contribution is 2.44. The highest BCUT2D eigenvalue weighted by molar-refractivity contribution is 6.74. The first-order valence-corrected chi connectivity index (χ1v) is 13.4. The zero-order valence-electron chi connectivity index (χ0n) is 18.4. The highest BCUT2D eigenvalue weighted by atomic mass is 28.4. The molecule has 0 aromatic carbocycles. The van der Waals surface area contributed by atoms with Crippen LogP contribution < -0.4 is 0 Å². The lowest BCUT2D eigenvalue weighted by atomic mass is 9.94. The third-order valence-corrected chi connectivity index (χ3v) is 11.0. The van der Waals surface area contributed by atoms with Crippen LogP contribution in [0.1, 0.15) is 48.0 Å². The van der Waals surface area contributed by atoms with E-state index in [1.807, 2.05) is 13.8 Å². The van der Waals surface area contributed by atoms with Crippen LogP contribution in [-0.2, 0) is 23.4 Å². The molecule has 0 aliphatic carbocycles. The molecule has 158 valence electrons. The van der Waals surface area contributed by atoms with Crippen molar-refractivity contribution in [1.29, 1.82) is 0 Å². The van der Waals surface area contributed by atoms with Gasteiger partial charge in [-0.05, 0) is 38.4 Å². The second-order valence-electron chi connectivity index (χ2n) is 10.0. The van der Waals surface area contributed by atoms with Crippen LogP contribution in [0.5, 0.6) is 0 Å². The molecule has 0 radical (unpaired) electrons. The standard InChI is InChI=1S/C20H39NO5Si/c1-9-14-16-17(25-20(5,6)24-16)15(21-10-12-22-13-11-21)18(23-14)26-27(7,8)19(2,3)4/h14-18H,9-13H2,1-8H3/t14?,15-,16+,17-,18?/m1/s1. The van der Waals surface area contributed by atoms with Crippen LogP contribution in [0, 0.1) is 0 Å². The molecule has 27 heavy (non-hydrogen) atoms. The van der Waals surface area contributed by atoms with E-state index < -0.39 is 14.1 Å². The van der Waals surface area contributed by atoms with Crippen LogP contribution in [0.3, 0.4) is 0 Å². The molecule has 0 spiro atoms. The molecule has 6 nitrogen and oxygen atoms in total. The molecular formula is C20H39NO5Si. The first kappa shape index (κ1) is 21.7. The molecule has 0 amide bonds. The fourth-order valence-electron chi connectivity index (χ4n) is 4.00. The van der Waals surface area contributed by atoms with E-state index >= 15 is 0 Å². The zero-order chi connectivity index (χ0) is 20.0. The minimum absolute atomic E-state index is 0.0103. The number of hydrogen-bond acceptors (Lipinski definition) is 6. The van der Waals surface area contributed by atoms with Crippen LogP contribution in [0.15, 0.2) is 0 Å². The second-order valence-corrected chi connectivity index (χ2v) is 14.8. The first-order valence-electron chi connectivity index (χ1n) is 10.5. The molecule has 5 atom stereocenters. The van der Waals surface area contributed by atoms with Gasteiger partial charge in [0.2, 0.25) is 0 Å². The summed E-state index contributed by atoms with van der Waals surface area (Å²) in [5.41, 5.74) is 0. The summed E-state index contributed by atoms with van der Waals surface area (Å²) in [5.74, 6) is -0.595. The summed E-state index contributed by atoms with van der Waals surface area (Å²) in [6.07, 6.45) is 0.466. The fraction of sp³-hybridized carbons (Fsp3) is 1.00. The molecule has 0 aromatic rings. The Morgan fingerprint density at radius 2 is 1.67 bits per heavy atom. The number of nitrogens with zero attached hydrogens (tertiary/aromatic N) is 1. The van der Waals surface area contributed by atoms with Gasteiger partial charge in [-0.2, -0.15) is 0 Å². The molecule has 0 aromatic heterocycles. The number of rotatable bonds is 4. The van der Waals surface area contributed by atoms with Crippen molar-refractivity contribution >= 4 is 8.32 Å². The Bertz CT molecular complexity index is 515. The van der Waals surface area contributed by atoms with Gasteiger partial charge >= 0.3 is 0 Å². The van der Waals surface area contributed by atoms with E-state index in [1.165, 1.54) is 0 Å². The average molecular weight is 402 g/mol. The number of fused-ring (bicyclic) bond motifs is 1. The molecule has 0 bridgehead atoms. The lowest BCUT2D eigenvalue weighted by molar-refractivity contribution is -0.241. The molecule has 0 N–H and O–H groups in total. The van der Waals surface area contributed by atoms with Crippen molar-refractivity contribution in [3.63, 3.8) is 0 Å². The summed E-state index contributed by atoms with van der Waals surface area (Å²) >= 11 is 0. The molecule has 3 aliphatic heterocycles. The molecule has 3 saturated heterocycles. The second kappa shape index (κ2) is 7.67. The fourth-order valence-corrected chi connectivity index (χ4v) is 5.13. The maximum atomic E-state index is 6.82. The molecule has 3 fully saturated rings. The van der Waals surface area contributed by atoms with Crippen LogP contribution >= 0.6 is 0 Å². The largest absolute Gasteiger partial charge is 0.391 e. The third-order valence-electron chi connectivity index (χ3n) is 6.54. The van der Waals surface area contributed by atoms with Gasteiger partial charge in [0.1, 0.15) is 12.2 Å². The quantitative estimate of drug-likeness (QED) is 0.673. The van der Waals surface area contributed by atoms with Crippen molar-refractivity contribution in [2.45, 2.75) is 103 Å². The first-order chi connectivity index (χ1) is 12.5. The van der Waals surface area contributed by atoms with E-state index in [0.29, 0.717) is 0 Å². The number of morpholine rings is 1. The summed E-state index contributed by atoms with van der Waals surface area (Å²) in [6.45, 7) is 20.7. The van der Waals surface area contributed by atoms with E-state index in [2.05, 4.69) is 45.7 Å². The molecule has 0 saturated carbocycles. The predicted octanol–water partition coefficient (Wildman–Crippen LogP) is 3.36. The van der Waals surface area contributed by atoms with Gasteiger partial charge in [0.25, 0.3) is 0 Å². The van der Waals surface area contributed by atoms with Gasteiger partial charge in [0, 0.05) is 13.1 Å². The molecule has 3 heterocycles. The van der Waals surface area contributed by atoms with Gasteiger partial charge < -0.3 is 23.4 Å². The van der Waals surface area contributed by atoms with Gasteiger partial charge in [-0.3, -0.25) is 4.90 Å². The number of ether oxygens (including phenoxy) is 4. The van der Waals surface area contributed by atoms with E-state index in [0.717, 1.165) is 32.7 Å². The summed E-state index contributed by atoms with van der Waals surface area (Å²) in [5, 5.41) is 0.122. The van der Waals surface area contributed by atoms with Crippen molar-refractivity contribution in [3.8, 4) is 0 Å². The Hall–Kier alpha value is -0.0231. The lowest BCUT2D eigenvalue weighted by Gasteiger charge is -2.50. The summed E-state index contributed by atoms with van der Waals surface area (Å²) in [7, 11) is -2.00. The molecule has 3 rings (SSSR count). The Kier molecular flexibility index (Phi) is 6.16. The molecule has 7 heteroatoms. The van der Waals surface area contributed by atoms with E-state index in [-0.39, 0.29) is 35.7 Å². The SMILES string of the molecule is CCC1OC(O[Si](C)(C)C(C)(C)C)[C@H](N2CCOCC2)[C@H]2OC(C)(C)O[C@@H]12. The lowest BCUT2D eigenvalue weighted by Crippen LogP contribution is -2.66. The van der Waals surface area contributed by atoms with Gasteiger partial charge in [0.15, 0.2) is 20.4 Å². The number of hydrogen-bond donors (Lipinski definition) is 0. The van der Waals surface area contributed by atoms with Gasteiger partial charge in [-0.1, -0.05) is 27.7 Å². The molecule has 2 unspecified atom stereocenters. The summed E-state index contributed by atoms with van der Waals surface area (Å²) in [4.78, 5) is 2.43. The Morgan fingerprint density at radius 3 is 2.22 bits per heavy atom. The summed E-state index contributed by atoms with van der Waals surface area (Å²) < 4.78 is 31.7.